The Morgan fingerprint density at radius 3 is 2.65 bits per heavy atom. The Morgan fingerprint density at radius 2 is 2.06 bits per heavy atom. The van der Waals surface area contributed by atoms with Crippen molar-refractivity contribution in [2.45, 2.75) is 0 Å². The van der Waals surface area contributed by atoms with E-state index in [-0.39, 0.29) is 6.03 Å². The third-order valence-electron chi connectivity index (χ3n) is 2.42. The molecule has 17 heavy (non-hydrogen) atoms. The fraction of sp³-hybridized carbons (Fsp3) is 0.154. The molecule has 0 bridgehead atoms. The van der Waals surface area contributed by atoms with E-state index in [0.717, 1.165) is 11.4 Å². The third kappa shape index (κ3) is 2.87. The molecule has 0 unspecified atom stereocenters. The van der Waals surface area contributed by atoms with Gasteiger partial charge < -0.3 is 10.1 Å². The number of hydrogen-bond acceptors (Lipinski definition) is 2. The lowest BCUT2D eigenvalue weighted by molar-refractivity contribution is 0.231. The van der Waals surface area contributed by atoms with E-state index in [1.165, 1.54) is 0 Å². The molecule has 1 N–H and O–H groups in total. The van der Waals surface area contributed by atoms with Gasteiger partial charge in [-0.2, -0.15) is 0 Å². The Bertz CT molecular complexity index is 449. The monoisotopic (exact) mass is 230 g/mol. The molecule has 1 aromatic rings. The maximum Gasteiger partial charge on any atom is 0.326 e. The van der Waals surface area contributed by atoms with Crippen LogP contribution in [-0.2, 0) is 0 Å². The lowest BCUT2D eigenvalue weighted by atomic mass is 10.3. The van der Waals surface area contributed by atoms with Gasteiger partial charge in [0.25, 0.3) is 0 Å². The van der Waals surface area contributed by atoms with Crippen LogP contribution in [0.5, 0.6) is 5.75 Å². The molecular weight excluding hydrogens is 216 g/mol. The van der Waals surface area contributed by atoms with Crippen molar-refractivity contribution in [1.82, 2.24) is 4.90 Å². The van der Waals surface area contributed by atoms with Gasteiger partial charge in [0.1, 0.15) is 5.75 Å². The molecule has 0 aliphatic carbocycles. The van der Waals surface area contributed by atoms with Gasteiger partial charge in [-0.3, -0.25) is 4.90 Å². The Labute approximate surface area is 100 Å². The largest absolute Gasteiger partial charge is 0.497 e. The predicted octanol–water partition coefficient (Wildman–Crippen LogP) is 2.61. The van der Waals surface area contributed by atoms with Gasteiger partial charge in [-0.1, -0.05) is 12.2 Å². The number of hydrogen-bond donors (Lipinski definition) is 1. The number of ether oxygens (including phenoxy) is 1. The Balaban J connectivity index is 1.97. The highest BCUT2D eigenvalue weighted by atomic mass is 16.5. The first kappa shape index (κ1) is 11.3. The highest BCUT2D eigenvalue weighted by molar-refractivity contribution is 5.90. The summed E-state index contributed by atoms with van der Waals surface area (Å²) in [6.07, 6.45) is 7.42. The topological polar surface area (TPSA) is 41.6 Å². The Morgan fingerprint density at radius 1 is 1.29 bits per heavy atom. The van der Waals surface area contributed by atoms with Crippen LogP contribution in [0.2, 0.25) is 0 Å². The summed E-state index contributed by atoms with van der Waals surface area (Å²) in [5.41, 5.74) is 0.749. The highest BCUT2D eigenvalue weighted by Gasteiger charge is 2.10. The van der Waals surface area contributed by atoms with Crippen LogP contribution in [0, 0.1) is 0 Å². The van der Waals surface area contributed by atoms with E-state index in [2.05, 4.69) is 5.32 Å². The fourth-order valence-electron chi connectivity index (χ4n) is 1.49. The average Bonchev–Trinajstić information content (AvgIpc) is 2.40. The van der Waals surface area contributed by atoms with E-state index in [1.54, 1.807) is 30.3 Å². The van der Waals surface area contributed by atoms with Gasteiger partial charge in [0.2, 0.25) is 0 Å². The molecule has 0 aromatic heterocycles. The molecule has 1 aromatic carbocycles. The number of nitrogens with zero attached hydrogens (tertiary/aromatic N) is 1. The zero-order valence-electron chi connectivity index (χ0n) is 9.59. The van der Waals surface area contributed by atoms with Crippen molar-refractivity contribution in [3.63, 3.8) is 0 Å². The van der Waals surface area contributed by atoms with Crippen molar-refractivity contribution in [2.24, 2.45) is 0 Å². The number of allylic oxidation sites excluding steroid dienone is 2. The molecule has 4 nitrogen and oxygen atoms in total. The molecule has 88 valence electrons. The van der Waals surface area contributed by atoms with Gasteiger partial charge in [0.15, 0.2) is 0 Å². The summed E-state index contributed by atoms with van der Waals surface area (Å²) in [6, 6.07) is 7.08. The normalized spacial score (nSPS) is 13.6. The van der Waals surface area contributed by atoms with Crippen LogP contribution >= 0.6 is 0 Å². The second-order valence-corrected chi connectivity index (χ2v) is 3.58. The van der Waals surface area contributed by atoms with Gasteiger partial charge in [-0.15, -0.1) is 0 Å². The number of urea groups is 1. The Hall–Kier alpha value is -2.23. The number of rotatable bonds is 2. The number of carbonyl (C=O) groups excluding carboxylic acids is 1. The smallest absolute Gasteiger partial charge is 0.326 e. The summed E-state index contributed by atoms with van der Waals surface area (Å²) in [5.74, 6) is 0.767. The fourth-order valence-corrected chi connectivity index (χ4v) is 1.49. The lowest BCUT2D eigenvalue weighted by Gasteiger charge is -2.19. The van der Waals surface area contributed by atoms with Crippen molar-refractivity contribution in [2.75, 3.05) is 19.0 Å². The molecule has 0 saturated carbocycles. The second kappa shape index (κ2) is 5.21. The van der Waals surface area contributed by atoms with Crippen LogP contribution in [0.15, 0.2) is 48.7 Å². The van der Waals surface area contributed by atoms with Crippen LogP contribution in [0.1, 0.15) is 0 Å². The molecule has 0 spiro atoms. The van der Waals surface area contributed by atoms with Crippen molar-refractivity contribution in [1.29, 1.82) is 0 Å². The van der Waals surface area contributed by atoms with E-state index in [1.807, 2.05) is 30.4 Å². The summed E-state index contributed by atoms with van der Waals surface area (Å²) in [5, 5.41) is 2.81. The second-order valence-electron chi connectivity index (χ2n) is 3.58. The number of carbonyl (C=O) groups is 1. The first-order valence-corrected chi connectivity index (χ1v) is 5.34. The molecule has 0 fully saturated rings. The van der Waals surface area contributed by atoms with Crippen LogP contribution in [0.25, 0.3) is 0 Å². The maximum atomic E-state index is 11.8. The van der Waals surface area contributed by atoms with Gasteiger partial charge in [-0.05, 0) is 30.3 Å². The Kier molecular flexibility index (Phi) is 3.45. The van der Waals surface area contributed by atoms with Gasteiger partial charge >= 0.3 is 6.03 Å². The lowest BCUT2D eigenvalue weighted by Crippen LogP contribution is -2.31. The van der Waals surface area contributed by atoms with Crippen molar-refractivity contribution in [3.05, 3.63) is 48.7 Å². The standard InChI is InChI=1S/C13H14N2O2/c1-17-12-7-5-11(6-8-12)14-13(16)15-9-3-2-4-10-15/h2-9H,10H2,1H3,(H,14,16). The van der Waals surface area contributed by atoms with Crippen molar-refractivity contribution >= 4 is 11.7 Å². The van der Waals surface area contributed by atoms with Crippen LogP contribution in [-0.4, -0.2) is 24.6 Å². The zero-order valence-corrected chi connectivity index (χ0v) is 9.59. The molecule has 4 heteroatoms. The molecular formula is C13H14N2O2. The minimum Gasteiger partial charge on any atom is -0.497 e. The van der Waals surface area contributed by atoms with E-state index in [9.17, 15) is 4.79 Å². The summed E-state index contributed by atoms with van der Waals surface area (Å²) in [4.78, 5) is 13.4. The number of anilines is 1. The molecule has 2 rings (SSSR count). The average molecular weight is 230 g/mol. The first-order valence-electron chi connectivity index (χ1n) is 5.34. The summed E-state index contributed by atoms with van der Waals surface area (Å²) in [7, 11) is 1.61. The van der Waals surface area contributed by atoms with Gasteiger partial charge in [-0.25, -0.2) is 4.79 Å². The van der Waals surface area contributed by atoms with Crippen LogP contribution in [0.4, 0.5) is 10.5 Å². The molecule has 1 heterocycles. The maximum absolute atomic E-state index is 11.8. The number of methoxy groups -OCH3 is 1. The number of benzene rings is 1. The molecule has 2 amide bonds. The summed E-state index contributed by atoms with van der Waals surface area (Å²) >= 11 is 0. The molecule has 0 radical (unpaired) electrons. The number of nitrogens with one attached hydrogen (secondary N) is 1. The zero-order chi connectivity index (χ0) is 12.1. The summed E-state index contributed by atoms with van der Waals surface area (Å²) < 4.78 is 5.05. The minimum atomic E-state index is -0.143. The van der Waals surface area contributed by atoms with Crippen LogP contribution < -0.4 is 10.1 Å². The van der Waals surface area contributed by atoms with E-state index in [4.69, 9.17) is 4.74 Å². The quantitative estimate of drug-likeness (QED) is 0.848. The van der Waals surface area contributed by atoms with Gasteiger partial charge in [0, 0.05) is 18.4 Å². The van der Waals surface area contributed by atoms with E-state index in [0.29, 0.717) is 6.54 Å². The third-order valence-corrected chi connectivity index (χ3v) is 2.42. The van der Waals surface area contributed by atoms with Crippen LogP contribution in [0.3, 0.4) is 0 Å². The SMILES string of the molecule is COc1ccc(NC(=O)N2C=CC=CC2)cc1. The molecule has 0 saturated heterocycles. The summed E-state index contributed by atoms with van der Waals surface area (Å²) in [6.45, 7) is 0.596. The predicted molar refractivity (Wildman–Crippen MR) is 67.0 cm³/mol. The molecule has 1 aliphatic heterocycles. The van der Waals surface area contributed by atoms with E-state index >= 15 is 0 Å². The van der Waals surface area contributed by atoms with E-state index < -0.39 is 0 Å². The van der Waals surface area contributed by atoms with Crippen molar-refractivity contribution in [3.8, 4) is 5.75 Å². The molecule has 1 aliphatic rings. The van der Waals surface area contributed by atoms with Crippen molar-refractivity contribution < 1.29 is 9.53 Å². The highest BCUT2D eigenvalue weighted by Crippen LogP contribution is 2.15. The molecule has 0 atom stereocenters. The minimum absolute atomic E-state index is 0.143. The first-order chi connectivity index (χ1) is 8.29. The van der Waals surface area contributed by atoms with Gasteiger partial charge in [0.05, 0.1) is 7.11 Å². The number of amides is 2.